The van der Waals surface area contributed by atoms with Crippen molar-refractivity contribution in [1.29, 1.82) is 5.26 Å². The molecule has 1 aromatic heterocycles. The summed E-state index contributed by atoms with van der Waals surface area (Å²) < 4.78 is 45.8. The molecule has 3 aromatic rings. The molecule has 2 aromatic carbocycles. The standard InChI is InChI=1S/C32H34F2N6O5S/c1-20-25(22-11-9-21(18-35)10-12-22)19-36-27(40-15-6-13-32(33,34)14-16-40)26(20)28(41)37-23-7-5-8-24(17-23)46(4,45)39-29(42)31(2,3)38-30(43)44/h5,7-12,17,19,38H,6,13-16H2,1-4H3,(H,37,41)(H,43,44). The molecule has 1 atom stereocenters. The minimum absolute atomic E-state index is 0.00800. The third-order valence-electron chi connectivity index (χ3n) is 7.63. The van der Waals surface area contributed by atoms with Crippen molar-refractivity contribution in [2.45, 2.75) is 56.4 Å². The number of pyridine rings is 1. The number of rotatable bonds is 7. The fourth-order valence-corrected chi connectivity index (χ4v) is 6.37. The van der Waals surface area contributed by atoms with E-state index in [1.165, 1.54) is 38.3 Å². The van der Waals surface area contributed by atoms with Crippen LogP contribution in [-0.4, -0.2) is 63.0 Å². The quantitative estimate of drug-likeness (QED) is 0.287. The number of halogens is 2. The maximum Gasteiger partial charge on any atom is 0.405 e. The Morgan fingerprint density at radius 1 is 1.13 bits per heavy atom. The van der Waals surface area contributed by atoms with Crippen LogP contribution in [-0.2, 0) is 14.5 Å². The van der Waals surface area contributed by atoms with E-state index in [1.54, 1.807) is 48.4 Å². The summed E-state index contributed by atoms with van der Waals surface area (Å²) in [7, 11) is -3.37. The summed E-state index contributed by atoms with van der Waals surface area (Å²) in [5.74, 6) is -4.11. The van der Waals surface area contributed by atoms with Gasteiger partial charge in [-0.05, 0) is 68.7 Å². The molecule has 4 rings (SSSR count). The number of carbonyl (C=O) groups excluding carboxylic acids is 2. The Bertz CT molecular complexity index is 1850. The molecule has 46 heavy (non-hydrogen) atoms. The fourth-order valence-electron chi connectivity index (χ4n) is 5.04. The molecule has 0 aliphatic carbocycles. The van der Waals surface area contributed by atoms with E-state index in [1.807, 2.05) is 5.32 Å². The van der Waals surface area contributed by atoms with Crippen LogP contribution in [0.3, 0.4) is 0 Å². The number of nitrogens with zero attached hydrogens (tertiary/aromatic N) is 4. The minimum atomic E-state index is -3.37. The third-order valence-corrected chi connectivity index (χ3v) is 9.27. The lowest BCUT2D eigenvalue weighted by atomic mass is 9.97. The predicted molar refractivity (Wildman–Crippen MR) is 170 cm³/mol. The molecule has 11 nitrogen and oxygen atoms in total. The molecule has 0 bridgehead atoms. The zero-order chi connectivity index (χ0) is 33.9. The van der Waals surface area contributed by atoms with Crippen LogP contribution in [0, 0.1) is 18.3 Å². The van der Waals surface area contributed by atoms with E-state index in [-0.39, 0.29) is 54.3 Å². The number of hydrogen-bond donors (Lipinski definition) is 3. The van der Waals surface area contributed by atoms with E-state index in [4.69, 9.17) is 5.11 Å². The van der Waals surface area contributed by atoms with Gasteiger partial charge in [-0.15, -0.1) is 0 Å². The third kappa shape index (κ3) is 7.84. The van der Waals surface area contributed by atoms with Crippen molar-refractivity contribution in [3.63, 3.8) is 0 Å². The first kappa shape index (κ1) is 34.0. The van der Waals surface area contributed by atoms with Gasteiger partial charge < -0.3 is 20.6 Å². The Labute approximate surface area is 265 Å². The molecule has 1 saturated heterocycles. The average Bonchev–Trinajstić information content (AvgIpc) is 3.16. The number of benzene rings is 2. The molecule has 0 radical (unpaired) electrons. The number of amides is 3. The van der Waals surface area contributed by atoms with Gasteiger partial charge in [-0.2, -0.15) is 9.62 Å². The summed E-state index contributed by atoms with van der Waals surface area (Å²) in [6.07, 6.45) is 0.915. The van der Waals surface area contributed by atoms with Gasteiger partial charge in [0.1, 0.15) is 11.4 Å². The maximum absolute atomic E-state index is 14.2. The van der Waals surface area contributed by atoms with E-state index < -0.39 is 39.1 Å². The number of nitrogens with one attached hydrogen (secondary N) is 2. The zero-order valence-corrected chi connectivity index (χ0v) is 26.6. The summed E-state index contributed by atoms with van der Waals surface area (Å²) >= 11 is 0. The smallest absolute Gasteiger partial charge is 0.405 e. The Kier molecular flexibility index (Phi) is 9.77. The second-order valence-electron chi connectivity index (χ2n) is 11.6. The monoisotopic (exact) mass is 652 g/mol. The van der Waals surface area contributed by atoms with Gasteiger partial charge in [0.05, 0.1) is 26.9 Å². The van der Waals surface area contributed by atoms with Crippen molar-refractivity contribution < 1.29 is 32.5 Å². The SMILES string of the molecule is Cc1c(-c2ccc(C#N)cc2)cnc(N2CCCC(F)(F)CC2)c1C(=O)Nc1cccc(S(C)(=O)=NC(=O)C(C)(C)NC(=O)O)c1. The summed E-state index contributed by atoms with van der Waals surface area (Å²) in [6.45, 7) is 4.59. The Hall–Kier alpha value is -4.90. The van der Waals surface area contributed by atoms with Crippen LogP contribution in [0.15, 0.2) is 64.0 Å². The van der Waals surface area contributed by atoms with Crippen LogP contribution >= 0.6 is 0 Å². The van der Waals surface area contributed by atoms with Gasteiger partial charge in [-0.25, -0.2) is 22.8 Å². The first-order chi connectivity index (χ1) is 21.5. The van der Waals surface area contributed by atoms with Crippen LogP contribution in [0.4, 0.5) is 25.1 Å². The highest BCUT2D eigenvalue weighted by Gasteiger charge is 2.34. The molecule has 242 valence electrons. The van der Waals surface area contributed by atoms with Crippen LogP contribution in [0.1, 0.15) is 54.6 Å². The number of anilines is 2. The molecule has 0 saturated carbocycles. The van der Waals surface area contributed by atoms with Crippen LogP contribution in [0.2, 0.25) is 0 Å². The van der Waals surface area contributed by atoms with Crippen molar-refractivity contribution >= 4 is 39.1 Å². The molecule has 14 heteroatoms. The minimum Gasteiger partial charge on any atom is -0.465 e. The van der Waals surface area contributed by atoms with Crippen molar-refractivity contribution in [1.82, 2.24) is 10.3 Å². The maximum atomic E-state index is 14.2. The summed E-state index contributed by atoms with van der Waals surface area (Å²) in [6, 6.07) is 14.7. The molecule has 3 amide bonds. The fraction of sp³-hybridized carbons (Fsp3) is 0.344. The molecular formula is C32H34F2N6O5S. The molecule has 2 heterocycles. The topological polar surface area (TPSA) is 165 Å². The molecule has 3 N–H and O–H groups in total. The molecule has 1 unspecified atom stereocenters. The second kappa shape index (κ2) is 13.2. The molecule has 1 aliphatic heterocycles. The van der Waals surface area contributed by atoms with Crippen LogP contribution in [0.25, 0.3) is 11.1 Å². The highest BCUT2D eigenvalue weighted by Crippen LogP contribution is 2.35. The van der Waals surface area contributed by atoms with E-state index in [0.29, 0.717) is 22.3 Å². The number of hydrogen-bond acceptors (Lipinski definition) is 7. The highest BCUT2D eigenvalue weighted by atomic mass is 32.2. The first-order valence-electron chi connectivity index (χ1n) is 14.3. The van der Waals surface area contributed by atoms with E-state index in [9.17, 15) is 32.6 Å². The number of alkyl halides is 2. The van der Waals surface area contributed by atoms with Crippen LogP contribution < -0.4 is 15.5 Å². The van der Waals surface area contributed by atoms with Crippen molar-refractivity contribution in [3.8, 4) is 17.2 Å². The summed E-state index contributed by atoms with van der Waals surface area (Å²) in [5.41, 5.74) is 1.05. The van der Waals surface area contributed by atoms with Gasteiger partial charge in [0.15, 0.2) is 0 Å². The van der Waals surface area contributed by atoms with Gasteiger partial charge in [-0.3, -0.25) is 9.59 Å². The molecule has 1 aliphatic rings. The first-order valence-corrected chi connectivity index (χ1v) is 16.3. The Morgan fingerprint density at radius 3 is 2.48 bits per heavy atom. The van der Waals surface area contributed by atoms with Gasteiger partial charge >= 0.3 is 6.09 Å². The van der Waals surface area contributed by atoms with Gasteiger partial charge in [0.25, 0.3) is 11.8 Å². The highest BCUT2D eigenvalue weighted by molar-refractivity contribution is 7.93. The van der Waals surface area contributed by atoms with Gasteiger partial charge in [0, 0.05) is 54.5 Å². The summed E-state index contributed by atoms with van der Waals surface area (Å²) in [4.78, 5) is 44.1. The number of carboxylic acid groups (broad SMARTS) is 1. The van der Waals surface area contributed by atoms with E-state index in [2.05, 4.69) is 20.7 Å². The molecule has 0 spiro atoms. The van der Waals surface area contributed by atoms with Crippen molar-refractivity contribution in [3.05, 3.63) is 71.4 Å². The lowest BCUT2D eigenvalue weighted by molar-refractivity contribution is -0.122. The van der Waals surface area contributed by atoms with Gasteiger partial charge in [0.2, 0.25) is 5.92 Å². The summed E-state index contributed by atoms with van der Waals surface area (Å²) in [5, 5.41) is 23.0. The van der Waals surface area contributed by atoms with Crippen molar-refractivity contribution in [2.75, 3.05) is 29.6 Å². The predicted octanol–water partition coefficient (Wildman–Crippen LogP) is 5.84. The second-order valence-corrected chi connectivity index (χ2v) is 13.9. The largest absolute Gasteiger partial charge is 0.465 e. The van der Waals surface area contributed by atoms with E-state index >= 15 is 0 Å². The van der Waals surface area contributed by atoms with Crippen LogP contribution in [0.5, 0.6) is 0 Å². The number of nitriles is 1. The lowest BCUT2D eigenvalue weighted by Gasteiger charge is -2.26. The van der Waals surface area contributed by atoms with Gasteiger partial charge in [-0.1, -0.05) is 18.2 Å². The Balaban J connectivity index is 1.73. The lowest BCUT2D eigenvalue weighted by Crippen LogP contribution is -2.48. The number of aromatic nitrogens is 1. The normalized spacial score (nSPS) is 15.9. The average molecular weight is 653 g/mol. The molecule has 1 fully saturated rings. The van der Waals surface area contributed by atoms with Crippen molar-refractivity contribution in [2.24, 2.45) is 4.36 Å². The zero-order valence-electron chi connectivity index (χ0n) is 25.8. The Morgan fingerprint density at radius 2 is 1.83 bits per heavy atom. The molecular weight excluding hydrogens is 618 g/mol. The number of carbonyl (C=O) groups is 3. The van der Waals surface area contributed by atoms with E-state index in [0.717, 1.165) is 0 Å².